The Morgan fingerprint density at radius 1 is 1.00 bits per heavy atom. The molecule has 1 aliphatic heterocycles. The van der Waals surface area contributed by atoms with Crippen molar-refractivity contribution in [1.82, 2.24) is 0 Å². The van der Waals surface area contributed by atoms with Gasteiger partial charge in [-0.25, -0.2) is 9.29 Å². The van der Waals surface area contributed by atoms with Crippen LogP contribution in [0.3, 0.4) is 0 Å². The number of anilines is 2. The van der Waals surface area contributed by atoms with Crippen molar-refractivity contribution in [3.05, 3.63) is 88.8 Å². The highest BCUT2D eigenvalue weighted by molar-refractivity contribution is 6.46. The Balaban J connectivity index is 1.79. The summed E-state index contributed by atoms with van der Waals surface area (Å²) in [6.07, 6.45) is 0. The molecule has 0 spiro atoms. The summed E-state index contributed by atoms with van der Waals surface area (Å²) in [4.78, 5) is 28.0. The molecule has 33 heavy (non-hydrogen) atoms. The van der Waals surface area contributed by atoms with Crippen molar-refractivity contribution >= 4 is 40.4 Å². The predicted molar refractivity (Wildman–Crippen MR) is 125 cm³/mol. The zero-order valence-corrected chi connectivity index (χ0v) is 18.7. The topological polar surface area (TPSA) is 67.9 Å². The average Bonchev–Trinajstić information content (AvgIpc) is 3.04. The smallest absolute Gasteiger partial charge is 0.282 e. The highest BCUT2D eigenvalue weighted by atomic mass is 35.5. The molecule has 168 valence electrons. The zero-order chi connectivity index (χ0) is 23.5. The van der Waals surface area contributed by atoms with Crippen molar-refractivity contribution in [3.63, 3.8) is 0 Å². The summed E-state index contributed by atoms with van der Waals surface area (Å²) in [5.74, 6) is -0.545. The van der Waals surface area contributed by atoms with Crippen LogP contribution >= 0.6 is 11.6 Å². The quantitative estimate of drug-likeness (QED) is 0.480. The van der Waals surface area contributed by atoms with Gasteiger partial charge in [0.1, 0.15) is 23.0 Å². The summed E-state index contributed by atoms with van der Waals surface area (Å²) in [5.41, 5.74) is 1.42. The number of ether oxygens (including phenoxy) is 2. The van der Waals surface area contributed by atoms with Crippen LogP contribution in [0, 0.1) is 5.82 Å². The van der Waals surface area contributed by atoms with Gasteiger partial charge >= 0.3 is 0 Å². The van der Waals surface area contributed by atoms with Crippen LogP contribution in [0.1, 0.15) is 12.5 Å². The monoisotopic (exact) mass is 466 g/mol. The van der Waals surface area contributed by atoms with Gasteiger partial charge in [0, 0.05) is 11.8 Å². The first kappa shape index (κ1) is 22.4. The first-order valence-electron chi connectivity index (χ1n) is 10.2. The van der Waals surface area contributed by atoms with Gasteiger partial charge in [0.05, 0.1) is 30.0 Å². The van der Waals surface area contributed by atoms with Crippen LogP contribution in [-0.2, 0) is 9.59 Å². The molecule has 3 aromatic rings. The summed E-state index contributed by atoms with van der Waals surface area (Å²) >= 11 is 6.22. The first-order chi connectivity index (χ1) is 15.9. The minimum atomic E-state index is -0.556. The van der Waals surface area contributed by atoms with Crippen LogP contribution in [0.2, 0.25) is 5.02 Å². The highest BCUT2D eigenvalue weighted by Gasteiger charge is 2.40. The Labute approximate surface area is 195 Å². The SMILES string of the molecule is CCOc1cccc(N2C(=O)C(Nc3ccc(OC)c(Cl)c3)=C(c3ccc(F)cc3)C2=O)c1. The fourth-order valence-corrected chi connectivity index (χ4v) is 3.79. The van der Waals surface area contributed by atoms with E-state index in [1.807, 2.05) is 6.92 Å². The number of nitrogens with one attached hydrogen (secondary N) is 1. The molecule has 1 heterocycles. The van der Waals surface area contributed by atoms with Gasteiger partial charge in [0.2, 0.25) is 0 Å². The van der Waals surface area contributed by atoms with E-state index in [0.29, 0.717) is 40.1 Å². The molecule has 0 saturated heterocycles. The van der Waals surface area contributed by atoms with Gasteiger partial charge in [-0.3, -0.25) is 9.59 Å². The molecule has 1 aliphatic rings. The lowest BCUT2D eigenvalue weighted by atomic mass is 10.0. The van der Waals surface area contributed by atoms with E-state index in [0.717, 1.165) is 4.90 Å². The number of amides is 2. The summed E-state index contributed by atoms with van der Waals surface area (Å²) < 4.78 is 24.2. The molecule has 2 amide bonds. The molecule has 0 aliphatic carbocycles. The molecule has 3 aromatic carbocycles. The number of hydrogen-bond donors (Lipinski definition) is 1. The van der Waals surface area contributed by atoms with Crippen molar-refractivity contribution in [3.8, 4) is 11.5 Å². The van der Waals surface area contributed by atoms with Crippen LogP contribution in [0.25, 0.3) is 5.57 Å². The molecule has 0 atom stereocenters. The predicted octanol–water partition coefficient (Wildman–Crippen LogP) is 5.28. The maximum Gasteiger partial charge on any atom is 0.282 e. The van der Waals surface area contributed by atoms with Crippen LogP contribution in [0.5, 0.6) is 11.5 Å². The summed E-state index contributed by atoms with van der Waals surface area (Å²) in [6.45, 7) is 2.28. The molecular weight excluding hydrogens is 447 g/mol. The van der Waals surface area contributed by atoms with E-state index < -0.39 is 17.6 Å². The second-order valence-electron chi connectivity index (χ2n) is 7.11. The van der Waals surface area contributed by atoms with Gasteiger partial charge in [-0.2, -0.15) is 0 Å². The Bertz CT molecular complexity index is 1260. The molecule has 0 aromatic heterocycles. The third-order valence-corrected chi connectivity index (χ3v) is 5.32. The number of rotatable bonds is 7. The second-order valence-corrected chi connectivity index (χ2v) is 7.51. The molecule has 6 nitrogen and oxygen atoms in total. The van der Waals surface area contributed by atoms with Crippen molar-refractivity contribution in [1.29, 1.82) is 0 Å². The van der Waals surface area contributed by atoms with Crippen molar-refractivity contribution < 1.29 is 23.5 Å². The zero-order valence-electron chi connectivity index (χ0n) is 17.9. The number of hydrogen-bond acceptors (Lipinski definition) is 5. The Morgan fingerprint density at radius 3 is 2.42 bits per heavy atom. The van der Waals surface area contributed by atoms with Gasteiger partial charge in [-0.15, -0.1) is 0 Å². The molecular formula is C25H20ClFN2O4. The van der Waals surface area contributed by atoms with E-state index >= 15 is 0 Å². The third-order valence-electron chi connectivity index (χ3n) is 5.02. The lowest BCUT2D eigenvalue weighted by Crippen LogP contribution is -2.32. The normalized spacial score (nSPS) is 13.5. The van der Waals surface area contributed by atoms with Crippen LogP contribution in [-0.4, -0.2) is 25.5 Å². The molecule has 8 heteroatoms. The third kappa shape index (κ3) is 4.40. The van der Waals surface area contributed by atoms with Crippen LogP contribution in [0.15, 0.2) is 72.4 Å². The van der Waals surface area contributed by atoms with Gasteiger partial charge in [0.15, 0.2) is 0 Å². The number of carbonyl (C=O) groups excluding carboxylic acids is 2. The molecule has 0 unspecified atom stereocenters. The number of carbonyl (C=O) groups is 2. The van der Waals surface area contributed by atoms with E-state index in [2.05, 4.69) is 5.32 Å². The Morgan fingerprint density at radius 2 is 1.76 bits per heavy atom. The van der Waals surface area contributed by atoms with Gasteiger partial charge in [-0.05, 0) is 55.0 Å². The fraction of sp³-hybridized carbons (Fsp3) is 0.120. The second kappa shape index (κ2) is 9.34. The number of methoxy groups -OCH3 is 1. The number of nitrogens with zero attached hydrogens (tertiary/aromatic N) is 1. The molecule has 0 fully saturated rings. The van der Waals surface area contributed by atoms with E-state index in [9.17, 15) is 14.0 Å². The van der Waals surface area contributed by atoms with E-state index in [-0.39, 0.29) is 11.3 Å². The number of halogens is 2. The number of benzene rings is 3. The minimum Gasteiger partial charge on any atom is -0.495 e. The largest absolute Gasteiger partial charge is 0.495 e. The first-order valence-corrected chi connectivity index (χ1v) is 10.5. The lowest BCUT2D eigenvalue weighted by molar-refractivity contribution is -0.120. The molecule has 4 rings (SSSR count). The summed E-state index contributed by atoms with van der Waals surface area (Å²) in [6, 6.07) is 17.0. The molecule has 0 saturated carbocycles. The Hall–Kier alpha value is -3.84. The molecule has 0 radical (unpaired) electrons. The fourth-order valence-electron chi connectivity index (χ4n) is 3.53. The summed E-state index contributed by atoms with van der Waals surface area (Å²) in [5, 5.41) is 3.36. The average molecular weight is 467 g/mol. The standard InChI is InChI=1S/C25H20ClFN2O4/c1-3-33-19-6-4-5-18(14-19)29-24(30)22(15-7-9-16(27)10-8-15)23(25(29)31)28-17-11-12-21(32-2)20(26)13-17/h4-14,28H,3H2,1-2H3. The maximum absolute atomic E-state index is 13.5. The van der Waals surface area contributed by atoms with Crippen LogP contribution in [0.4, 0.5) is 15.8 Å². The summed E-state index contributed by atoms with van der Waals surface area (Å²) in [7, 11) is 1.50. The van der Waals surface area contributed by atoms with Crippen molar-refractivity contribution in [2.75, 3.05) is 23.9 Å². The highest BCUT2D eigenvalue weighted by Crippen LogP contribution is 2.36. The molecule has 1 N–H and O–H groups in total. The van der Waals surface area contributed by atoms with Crippen molar-refractivity contribution in [2.24, 2.45) is 0 Å². The van der Waals surface area contributed by atoms with Gasteiger partial charge in [-0.1, -0.05) is 29.8 Å². The van der Waals surface area contributed by atoms with Crippen LogP contribution < -0.4 is 19.7 Å². The van der Waals surface area contributed by atoms with Gasteiger partial charge in [0.25, 0.3) is 11.8 Å². The van der Waals surface area contributed by atoms with E-state index in [1.165, 1.54) is 31.4 Å². The minimum absolute atomic E-state index is 0.0506. The van der Waals surface area contributed by atoms with E-state index in [1.54, 1.807) is 42.5 Å². The Kier molecular flexibility index (Phi) is 6.33. The van der Waals surface area contributed by atoms with Crippen molar-refractivity contribution in [2.45, 2.75) is 6.92 Å². The number of imide groups is 1. The lowest BCUT2D eigenvalue weighted by Gasteiger charge is -2.16. The maximum atomic E-state index is 13.5. The van der Waals surface area contributed by atoms with Gasteiger partial charge < -0.3 is 14.8 Å². The van der Waals surface area contributed by atoms with E-state index in [4.69, 9.17) is 21.1 Å². The molecule has 0 bridgehead atoms.